The van der Waals surface area contributed by atoms with Gasteiger partial charge in [0.05, 0.1) is 12.0 Å². The topological polar surface area (TPSA) is 95.1 Å². The highest BCUT2D eigenvalue weighted by Crippen LogP contribution is 2.32. The van der Waals surface area contributed by atoms with Gasteiger partial charge in [0, 0.05) is 17.8 Å². The van der Waals surface area contributed by atoms with Crippen LogP contribution in [-0.4, -0.2) is 49.8 Å². The van der Waals surface area contributed by atoms with Crippen molar-refractivity contribution in [1.82, 2.24) is 0 Å². The van der Waals surface area contributed by atoms with E-state index in [2.05, 4.69) is 5.32 Å². The molecule has 1 unspecified atom stereocenters. The number of carbonyl (C=O) groups is 1. The number of hydrogen-bond donors (Lipinski definition) is 2. The van der Waals surface area contributed by atoms with Crippen LogP contribution in [0.3, 0.4) is 0 Å². The Morgan fingerprint density at radius 1 is 1.42 bits per heavy atom. The number of amides is 1. The summed E-state index contributed by atoms with van der Waals surface area (Å²) in [6, 6.07) is 2.89. The van der Waals surface area contributed by atoms with Gasteiger partial charge in [-0.25, -0.2) is 0 Å². The Morgan fingerprint density at radius 2 is 2.04 bits per heavy atom. The summed E-state index contributed by atoms with van der Waals surface area (Å²) in [4.78, 5) is 24.0. The van der Waals surface area contributed by atoms with Crippen LogP contribution in [0.15, 0.2) is 12.1 Å². The molecule has 0 bridgehead atoms. The standard InChI is InChI=1S/C16H23N3O5/c1-10-5-14(19(21)22)15(23-4)6-13(10)17-16(20)9-18-7-11(2)24-12(3)8-18/h5-6,11-12H,7-9H2,1-4H3,(H,17,20)/p+1/t11-,12+. The van der Waals surface area contributed by atoms with E-state index in [1.165, 1.54) is 19.2 Å². The predicted octanol–water partition coefficient (Wildman–Crippen LogP) is 0.542. The Morgan fingerprint density at radius 3 is 2.58 bits per heavy atom. The van der Waals surface area contributed by atoms with Crippen molar-refractivity contribution in [2.45, 2.75) is 33.0 Å². The molecule has 1 aliphatic rings. The lowest BCUT2D eigenvalue weighted by Gasteiger charge is -2.31. The van der Waals surface area contributed by atoms with E-state index in [0.29, 0.717) is 17.8 Å². The lowest BCUT2D eigenvalue weighted by Crippen LogP contribution is -3.16. The first-order valence-corrected chi connectivity index (χ1v) is 7.92. The molecule has 1 aliphatic heterocycles. The third-order valence-corrected chi connectivity index (χ3v) is 4.02. The van der Waals surface area contributed by atoms with Crippen molar-refractivity contribution in [1.29, 1.82) is 0 Å². The number of rotatable bonds is 5. The van der Waals surface area contributed by atoms with Crippen LogP contribution in [0, 0.1) is 17.0 Å². The van der Waals surface area contributed by atoms with Crippen LogP contribution in [0.25, 0.3) is 0 Å². The fourth-order valence-electron chi connectivity index (χ4n) is 3.07. The van der Waals surface area contributed by atoms with Crippen LogP contribution in [0.5, 0.6) is 5.75 Å². The monoisotopic (exact) mass is 338 g/mol. The highest BCUT2D eigenvalue weighted by Gasteiger charge is 2.27. The number of quaternary nitrogens is 1. The van der Waals surface area contributed by atoms with Gasteiger partial charge in [-0.15, -0.1) is 0 Å². The van der Waals surface area contributed by atoms with Crippen LogP contribution in [0.4, 0.5) is 11.4 Å². The fourth-order valence-corrected chi connectivity index (χ4v) is 3.07. The summed E-state index contributed by atoms with van der Waals surface area (Å²) < 4.78 is 10.7. The molecule has 132 valence electrons. The molecule has 2 N–H and O–H groups in total. The number of nitrogens with zero attached hydrogens (tertiary/aromatic N) is 1. The second-order valence-electron chi connectivity index (χ2n) is 6.24. The Hall–Kier alpha value is -2.19. The van der Waals surface area contributed by atoms with Gasteiger partial charge in [-0.05, 0) is 26.3 Å². The molecule has 1 amide bonds. The van der Waals surface area contributed by atoms with E-state index in [0.717, 1.165) is 18.0 Å². The largest absolute Gasteiger partial charge is 0.490 e. The number of benzene rings is 1. The smallest absolute Gasteiger partial charge is 0.311 e. The maximum Gasteiger partial charge on any atom is 0.311 e. The Labute approximate surface area is 140 Å². The molecule has 0 saturated carbocycles. The van der Waals surface area contributed by atoms with Gasteiger partial charge in [0.15, 0.2) is 12.3 Å². The number of nitrogens with one attached hydrogen (secondary N) is 2. The average molecular weight is 338 g/mol. The van der Waals surface area contributed by atoms with Crippen molar-refractivity contribution < 1.29 is 24.1 Å². The van der Waals surface area contributed by atoms with Gasteiger partial charge in [-0.3, -0.25) is 14.9 Å². The summed E-state index contributed by atoms with van der Waals surface area (Å²) in [5.41, 5.74) is 1.03. The minimum atomic E-state index is -0.502. The molecule has 1 aromatic rings. The SMILES string of the molecule is COc1cc(NC(=O)C[NH+]2C[C@@H](C)O[C@@H](C)C2)c(C)cc1[N+](=O)[O-]. The molecule has 8 nitrogen and oxygen atoms in total. The molecule has 2 rings (SSSR count). The van der Waals surface area contributed by atoms with Crippen molar-refractivity contribution in [3.8, 4) is 5.75 Å². The first-order valence-electron chi connectivity index (χ1n) is 7.92. The summed E-state index contributed by atoms with van der Waals surface area (Å²) >= 11 is 0. The molecule has 0 aromatic heterocycles. The van der Waals surface area contributed by atoms with Crippen molar-refractivity contribution in [2.75, 3.05) is 32.1 Å². The third kappa shape index (κ3) is 4.42. The number of nitro benzene ring substituents is 1. The number of hydrogen-bond acceptors (Lipinski definition) is 5. The van der Waals surface area contributed by atoms with E-state index in [9.17, 15) is 14.9 Å². The first-order chi connectivity index (χ1) is 11.3. The molecule has 1 saturated heterocycles. The van der Waals surface area contributed by atoms with Crippen LogP contribution in [0.1, 0.15) is 19.4 Å². The number of methoxy groups -OCH3 is 1. The maximum absolute atomic E-state index is 12.3. The number of anilines is 1. The summed E-state index contributed by atoms with van der Waals surface area (Å²) in [7, 11) is 1.37. The quantitative estimate of drug-likeness (QED) is 0.604. The zero-order valence-electron chi connectivity index (χ0n) is 14.4. The molecule has 1 fully saturated rings. The van der Waals surface area contributed by atoms with E-state index in [-0.39, 0.29) is 29.6 Å². The van der Waals surface area contributed by atoms with Gasteiger partial charge in [0.2, 0.25) is 0 Å². The highest BCUT2D eigenvalue weighted by molar-refractivity contribution is 5.92. The van der Waals surface area contributed by atoms with Crippen LogP contribution < -0.4 is 15.0 Å². The summed E-state index contributed by atoms with van der Waals surface area (Å²) in [5.74, 6) is -0.00725. The number of morpholine rings is 1. The van der Waals surface area contributed by atoms with E-state index >= 15 is 0 Å². The number of carbonyl (C=O) groups excluding carboxylic acids is 1. The molecule has 8 heteroatoms. The van der Waals surface area contributed by atoms with Gasteiger partial charge >= 0.3 is 5.69 Å². The van der Waals surface area contributed by atoms with Gasteiger partial charge in [0.1, 0.15) is 25.3 Å². The van der Waals surface area contributed by atoms with Gasteiger partial charge in [-0.2, -0.15) is 0 Å². The maximum atomic E-state index is 12.3. The number of ether oxygens (including phenoxy) is 2. The number of nitro groups is 1. The summed E-state index contributed by atoms with van der Waals surface area (Å²) in [5, 5.41) is 13.8. The molecular weight excluding hydrogens is 314 g/mol. The summed E-state index contributed by atoms with van der Waals surface area (Å²) in [6.07, 6.45) is 0.246. The lowest BCUT2D eigenvalue weighted by atomic mass is 10.1. The van der Waals surface area contributed by atoms with E-state index in [1.54, 1.807) is 6.92 Å². The molecule has 0 spiro atoms. The zero-order chi connectivity index (χ0) is 17.9. The second-order valence-corrected chi connectivity index (χ2v) is 6.24. The Kier molecular flexibility index (Phi) is 5.74. The lowest BCUT2D eigenvalue weighted by molar-refractivity contribution is -0.907. The first kappa shape index (κ1) is 18.2. The van der Waals surface area contributed by atoms with Crippen LogP contribution >= 0.6 is 0 Å². The predicted molar refractivity (Wildman–Crippen MR) is 88.6 cm³/mol. The molecular formula is C16H24N3O5+. The van der Waals surface area contributed by atoms with Crippen LogP contribution in [-0.2, 0) is 9.53 Å². The van der Waals surface area contributed by atoms with Gasteiger partial charge in [-0.1, -0.05) is 0 Å². The minimum absolute atomic E-state index is 0.116. The van der Waals surface area contributed by atoms with Crippen molar-refractivity contribution >= 4 is 17.3 Å². The minimum Gasteiger partial charge on any atom is -0.490 e. The van der Waals surface area contributed by atoms with Crippen molar-refractivity contribution in [3.63, 3.8) is 0 Å². The van der Waals surface area contributed by atoms with E-state index in [1.807, 2.05) is 13.8 Å². The molecule has 1 heterocycles. The Balaban J connectivity index is 2.07. The third-order valence-electron chi connectivity index (χ3n) is 4.02. The normalized spacial score (nSPS) is 23.6. The molecule has 3 atom stereocenters. The van der Waals surface area contributed by atoms with E-state index < -0.39 is 4.92 Å². The molecule has 0 aliphatic carbocycles. The summed E-state index contributed by atoms with van der Waals surface area (Å²) in [6.45, 7) is 7.60. The highest BCUT2D eigenvalue weighted by atomic mass is 16.6. The number of aryl methyl sites for hydroxylation is 1. The zero-order valence-corrected chi connectivity index (χ0v) is 14.4. The Bertz CT molecular complexity index is 624. The van der Waals surface area contributed by atoms with E-state index in [4.69, 9.17) is 9.47 Å². The van der Waals surface area contributed by atoms with Crippen LogP contribution in [0.2, 0.25) is 0 Å². The fraction of sp³-hybridized carbons (Fsp3) is 0.562. The second kappa shape index (κ2) is 7.59. The molecule has 0 radical (unpaired) electrons. The van der Waals surface area contributed by atoms with Gasteiger partial charge < -0.3 is 19.7 Å². The van der Waals surface area contributed by atoms with Gasteiger partial charge in [0.25, 0.3) is 5.91 Å². The molecule has 24 heavy (non-hydrogen) atoms. The van der Waals surface area contributed by atoms with Crippen molar-refractivity contribution in [3.05, 3.63) is 27.8 Å². The van der Waals surface area contributed by atoms with Crippen molar-refractivity contribution in [2.24, 2.45) is 0 Å². The molecule has 1 aromatic carbocycles. The average Bonchev–Trinajstić information content (AvgIpc) is 2.47.